The van der Waals surface area contributed by atoms with Gasteiger partial charge in [-0.05, 0) is 58.5 Å². The molecular weight excluding hydrogens is 196 g/mol. The monoisotopic (exact) mass is 224 g/mol. The molecule has 0 aromatic rings. The summed E-state index contributed by atoms with van der Waals surface area (Å²) in [5.74, 6) is 0. The summed E-state index contributed by atoms with van der Waals surface area (Å²) in [6.07, 6.45) is 9.92. The van der Waals surface area contributed by atoms with Crippen LogP contribution >= 0.6 is 0 Å². The first kappa shape index (κ1) is 12.4. The SMILES string of the molecule is CCNC1CCC(N2CCCCC2C)CC1. The van der Waals surface area contributed by atoms with Crippen molar-refractivity contribution < 1.29 is 0 Å². The Balaban J connectivity index is 1.79. The van der Waals surface area contributed by atoms with Crippen LogP contribution in [0.3, 0.4) is 0 Å². The predicted molar refractivity (Wildman–Crippen MR) is 69.7 cm³/mol. The van der Waals surface area contributed by atoms with E-state index in [9.17, 15) is 0 Å². The van der Waals surface area contributed by atoms with Gasteiger partial charge in [-0.15, -0.1) is 0 Å². The van der Waals surface area contributed by atoms with Gasteiger partial charge < -0.3 is 5.32 Å². The highest BCUT2D eigenvalue weighted by molar-refractivity contribution is 4.86. The van der Waals surface area contributed by atoms with Crippen molar-refractivity contribution in [2.24, 2.45) is 0 Å². The summed E-state index contributed by atoms with van der Waals surface area (Å²) in [4.78, 5) is 2.80. The lowest BCUT2D eigenvalue weighted by molar-refractivity contribution is 0.0757. The van der Waals surface area contributed by atoms with Gasteiger partial charge in [0, 0.05) is 18.1 Å². The lowest BCUT2D eigenvalue weighted by Gasteiger charge is -2.42. The van der Waals surface area contributed by atoms with Crippen molar-refractivity contribution in [2.45, 2.75) is 76.9 Å². The number of likely N-dealkylation sites (tertiary alicyclic amines) is 1. The maximum atomic E-state index is 3.60. The molecule has 0 amide bonds. The van der Waals surface area contributed by atoms with E-state index in [1.165, 1.54) is 51.5 Å². The topological polar surface area (TPSA) is 15.3 Å². The number of hydrogen-bond acceptors (Lipinski definition) is 2. The van der Waals surface area contributed by atoms with Gasteiger partial charge >= 0.3 is 0 Å². The lowest BCUT2D eigenvalue weighted by Crippen LogP contribution is -2.48. The van der Waals surface area contributed by atoms with Crippen LogP contribution in [0.25, 0.3) is 0 Å². The van der Waals surface area contributed by atoms with Crippen molar-refractivity contribution in [3.05, 3.63) is 0 Å². The normalized spacial score (nSPS) is 37.5. The van der Waals surface area contributed by atoms with Crippen LogP contribution in [0.4, 0.5) is 0 Å². The molecule has 0 radical (unpaired) electrons. The van der Waals surface area contributed by atoms with E-state index in [4.69, 9.17) is 0 Å². The molecule has 94 valence electrons. The summed E-state index contributed by atoms with van der Waals surface area (Å²) in [5, 5.41) is 3.60. The van der Waals surface area contributed by atoms with E-state index in [0.717, 1.165) is 24.7 Å². The Morgan fingerprint density at radius 1 is 1.06 bits per heavy atom. The first-order chi connectivity index (χ1) is 7.81. The summed E-state index contributed by atoms with van der Waals surface area (Å²) >= 11 is 0. The average molecular weight is 224 g/mol. The molecule has 1 saturated heterocycles. The summed E-state index contributed by atoms with van der Waals surface area (Å²) in [6, 6.07) is 2.54. The van der Waals surface area contributed by atoms with Crippen LogP contribution in [-0.4, -0.2) is 36.1 Å². The maximum absolute atomic E-state index is 3.60. The molecule has 1 aliphatic carbocycles. The zero-order chi connectivity index (χ0) is 11.4. The van der Waals surface area contributed by atoms with Crippen molar-refractivity contribution in [3.63, 3.8) is 0 Å². The number of piperidine rings is 1. The standard InChI is InChI=1S/C14H28N2/c1-3-15-13-7-9-14(10-8-13)16-11-5-4-6-12(16)2/h12-15H,3-11H2,1-2H3. The van der Waals surface area contributed by atoms with Crippen molar-refractivity contribution in [1.29, 1.82) is 0 Å². The quantitative estimate of drug-likeness (QED) is 0.793. The molecule has 0 spiro atoms. The molecule has 2 aliphatic rings. The summed E-state index contributed by atoms with van der Waals surface area (Å²) in [5.41, 5.74) is 0. The van der Waals surface area contributed by atoms with Gasteiger partial charge in [0.15, 0.2) is 0 Å². The number of hydrogen-bond donors (Lipinski definition) is 1. The average Bonchev–Trinajstić information content (AvgIpc) is 2.31. The summed E-state index contributed by atoms with van der Waals surface area (Å²) in [7, 11) is 0. The van der Waals surface area contributed by atoms with Crippen LogP contribution < -0.4 is 5.32 Å². The van der Waals surface area contributed by atoms with Gasteiger partial charge in [-0.1, -0.05) is 13.3 Å². The van der Waals surface area contributed by atoms with E-state index in [2.05, 4.69) is 24.1 Å². The molecule has 1 atom stereocenters. The van der Waals surface area contributed by atoms with Crippen LogP contribution in [0.15, 0.2) is 0 Å². The lowest BCUT2D eigenvalue weighted by atomic mass is 9.88. The fourth-order valence-corrected chi connectivity index (χ4v) is 3.56. The molecule has 16 heavy (non-hydrogen) atoms. The zero-order valence-corrected chi connectivity index (χ0v) is 11.0. The second kappa shape index (κ2) is 6.02. The minimum Gasteiger partial charge on any atom is -0.314 e. The molecule has 2 rings (SSSR count). The largest absolute Gasteiger partial charge is 0.314 e. The molecule has 0 aromatic carbocycles. The molecule has 1 saturated carbocycles. The van der Waals surface area contributed by atoms with E-state index in [1.54, 1.807) is 0 Å². The fourth-order valence-electron chi connectivity index (χ4n) is 3.56. The molecule has 1 heterocycles. The van der Waals surface area contributed by atoms with Crippen molar-refractivity contribution in [3.8, 4) is 0 Å². The first-order valence-electron chi connectivity index (χ1n) is 7.30. The van der Waals surface area contributed by atoms with E-state index < -0.39 is 0 Å². The van der Waals surface area contributed by atoms with Gasteiger partial charge in [0.25, 0.3) is 0 Å². The Kier molecular flexibility index (Phi) is 4.66. The molecule has 1 N–H and O–H groups in total. The van der Waals surface area contributed by atoms with Gasteiger partial charge in [-0.2, -0.15) is 0 Å². The van der Waals surface area contributed by atoms with Gasteiger partial charge in [0.05, 0.1) is 0 Å². The molecule has 0 aromatic heterocycles. The highest BCUT2D eigenvalue weighted by Gasteiger charge is 2.29. The van der Waals surface area contributed by atoms with Crippen LogP contribution in [0.2, 0.25) is 0 Å². The Morgan fingerprint density at radius 2 is 1.81 bits per heavy atom. The predicted octanol–water partition coefficient (Wildman–Crippen LogP) is 2.78. The van der Waals surface area contributed by atoms with Crippen LogP contribution in [-0.2, 0) is 0 Å². The van der Waals surface area contributed by atoms with Crippen molar-refractivity contribution >= 4 is 0 Å². The molecule has 0 bridgehead atoms. The molecule has 1 unspecified atom stereocenters. The van der Waals surface area contributed by atoms with E-state index in [-0.39, 0.29) is 0 Å². The first-order valence-corrected chi connectivity index (χ1v) is 7.30. The highest BCUT2D eigenvalue weighted by atomic mass is 15.2. The van der Waals surface area contributed by atoms with Crippen molar-refractivity contribution in [1.82, 2.24) is 10.2 Å². The summed E-state index contributed by atoms with van der Waals surface area (Å²) in [6.45, 7) is 7.14. The Morgan fingerprint density at radius 3 is 2.44 bits per heavy atom. The van der Waals surface area contributed by atoms with Crippen LogP contribution in [0.1, 0.15) is 58.8 Å². The molecule has 2 nitrogen and oxygen atoms in total. The number of rotatable bonds is 3. The summed E-state index contributed by atoms with van der Waals surface area (Å²) < 4.78 is 0. The third-order valence-corrected chi connectivity index (χ3v) is 4.51. The fraction of sp³-hybridized carbons (Fsp3) is 1.00. The number of nitrogens with one attached hydrogen (secondary N) is 1. The zero-order valence-electron chi connectivity index (χ0n) is 11.0. The van der Waals surface area contributed by atoms with Crippen LogP contribution in [0, 0.1) is 0 Å². The molecule has 2 heteroatoms. The van der Waals surface area contributed by atoms with Gasteiger partial charge in [0.2, 0.25) is 0 Å². The smallest absolute Gasteiger partial charge is 0.00992 e. The van der Waals surface area contributed by atoms with Crippen molar-refractivity contribution in [2.75, 3.05) is 13.1 Å². The van der Waals surface area contributed by atoms with Crippen LogP contribution in [0.5, 0.6) is 0 Å². The molecule has 1 aliphatic heterocycles. The Labute approximate surface area is 101 Å². The second-order valence-corrected chi connectivity index (χ2v) is 5.65. The second-order valence-electron chi connectivity index (χ2n) is 5.65. The van der Waals surface area contributed by atoms with Gasteiger partial charge in [-0.25, -0.2) is 0 Å². The Bertz CT molecular complexity index is 197. The van der Waals surface area contributed by atoms with E-state index in [0.29, 0.717) is 0 Å². The van der Waals surface area contributed by atoms with E-state index in [1.807, 2.05) is 0 Å². The van der Waals surface area contributed by atoms with Gasteiger partial charge in [-0.3, -0.25) is 4.90 Å². The third-order valence-electron chi connectivity index (χ3n) is 4.51. The maximum Gasteiger partial charge on any atom is 0.00992 e. The minimum absolute atomic E-state index is 0.807. The molecular formula is C14H28N2. The third kappa shape index (κ3) is 2.98. The number of nitrogens with zero attached hydrogens (tertiary/aromatic N) is 1. The minimum atomic E-state index is 0.807. The van der Waals surface area contributed by atoms with E-state index >= 15 is 0 Å². The molecule has 2 fully saturated rings. The highest BCUT2D eigenvalue weighted by Crippen LogP contribution is 2.28. The van der Waals surface area contributed by atoms with Gasteiger partial charge in [0.1, 0.15) is 0 Å². The Hall–Kier alpha value is -0.0800.